The zero-order chi connectivity index (χ0) is 18.9. The first-order valence-electron chi connectivity index (χ1n) is 8.99. The van der Waals surface area contributed by atoms with Gasteiger partial charge in [-0.25, -0.2) is 4.79 Å². The fourth-order valence-corrected chi connectivity index (χ4v) is 2.82. The van der Waals surface area contributed by atoms with Gasteiger partial charge in [-0.3, -0.25) is 4.79 Å². The fraction of sp³-hybridized carbons (Fsp3) is 0.300. The molecular formula is C20H25ClN4O3. The molecule has 1 aliphatic rings. The highest BCUT2D eigenvalue weighted by Crippen LogP contribution is 2.12. The number of hydrogen-bond donors (Lipinski definition) is 4. The van der Waals surface area contributed by atoms with Crippen molar-refractivity contribution in [1.82, 2.24) is 10.6 Å². The predicted molar refractivity (Wildman–Crippen MR) is 112 cm³/mol. The molecule has 3 amide bonds. The Hall–Kier alpha value is -2.61. The van der Waals surface area contributed by atoms with Crippen molar-refractivity contribution in [3.63, 3.8) is 0 Å². The molecule has 0 radical (unpaired) electrons. The monoisotopic (exact) mass is 404 g/mol. The lowest BCUT2D eigenvalue weighted by Crippen LogP contribution is -2.44. The van der Waals surface area contributed by atoms with Crippen LogP contribution in [0.15, 0.2) is 54.6 Å². The van der Waals surface area contributed by atoms with Gasteiger partial charge in [0.1, 0.15) is 0 Å². The smallest absolute Gasteiger partial charge is 0.323 e. The maximum atomic E-state index is 12.1. The number of anilines is 2. The van der Waals surface area contributed by atoms with E-state index in [9.17, 15) is 9.59 Å². The third-order valence-electron chi connectivity index (χ3n) is 4.14. The summed E-state index contributed by atoms with van der Waals surface area (Å²) in [5.41, 5.74) is 2.30. The van der Waals surface area contributed by atoms with Crippen molar-refractivity contribution < 1.29 is 14.3 Å². The van der Waals surface area contributed by atoms with Gasteiger partial charge >= 0.3 is 6.03 Å². The fourth-order valence-electron chi connectivity index (χ4n) is 2.82. The summed E-state index contributed by atoms with van der Waals surface area (Å²) < 4.78 is 5.35. The molecule has 0 aromatic heterocycles. The molecule has 0 saturated carbocycles. The van der Waals surface area contributed by atoms with Crippen LogP contribution in [0.5, 0.6) is 0 Å². The Labute approximate surface area is 170 Å². The molecule has 2 aromatic rings. The number of ether oxygens (including phenoxy) is 1. The largest absolute Gasteiger partial charge is 0.378 e. The molecule has 3 rings (SSSR count). The normalized spacial score (nSPS) is 15.8. The standard InChI is InChI=1S/C20H24N4O3.ClH/c25-19(12-18-14-27-10-9-21-18)22-13-15-5-4-8-17(11-15)24-20(26)23-16-6-2-1-3-7-16;/h1-8,11,18,21H,9-10,12-14H2,(H,22,25)(H2,23,24,26);1H. The Morgan fingerprint density at radius 2 is 1.79 bits per heavy atom. The summed E-state index contributed by atoms with van der Waals surface area (Å²) in [4.78, 5) is 24.1. The molecule has 7 nitrogen and oxygen atoms in total. The van der Waals surface area contributed by atoms with Crippen LogP contribution in [0.25, 0.3) is 0 Å². The second-order valence-electron chi connectivity index (χ2n) is 6.35. The molecule has 1 fully saturated rings. The van der Waals surface area contributed by atoms with Crippen molar-refractivity contribution >= 4 is 35.7 Å². The van der Waals surface area contributed by atoms with Crippen LogP contribution in [0.2, 0.25) is 0 Å². The highest BCUT2D eigenvalue weighted by Gasteiger charge is 2.16. The predicted octanol–water partition coefficient (Wildman–Crippen LogP) is 2.75. The summed E-state index contributed by atoms with van der Waals surface area (Å²) in [6.45, 7) is 2.43. The lowest BCUT2D eigenvalue weighted by Gasteiger charge is -2.23. The van der Waals surface area contributed by atoms with Crippen LogP contribution in [-0.4, -0.2) is 37.7 Å². The summed E-state index contributed by atoms with van der Waals surface area (Å²) in [5.74, 6) is -0.0295. The van der Waals surface area contributed by atoms with Crippen molar-refractivity contribution in [3.8, 4) is 0 Å². The van der Waals surface area contributed by atoms with Gasteiger partial charge in [-0.05, 0) is 29.8 Å². The summed E-state index contributed by atoms with van der Waals surface area (Å²) in [6.07, 6.45) is 0.386. The quantitative estimate of drug-likeness (QED) is 0.595. The Kier molecular flexibility index (Phi) is 8.74. The first-order chi connectivity index (χ1) is 13.2. The minimum Gasteiger partial charge on any atom is -0.378 e. The van der Waals surface area contributed by atoms with E-state index < -0.39 is 0 Å². The van der Waals surface area contributed by atoms with E-state index in [0.29, 0.717) is 31.9 Å². The average molecular weight is 405 g/mol. The van der Waals surface area contributed by atoms with Crippen LogP contribution < -0.4 is 21.3 Å². The van der Waals surface area contributed by atoms with Gasteiger partial charge in [0.05, 0.1) is 13.2 Å². The minimum absolute atomic E-state index is 0. The van der Waals surface area contributed by atoms with E-state index in [1.54, 1.807) is 6.07 Å². The van der Waals surface area contributed by atoms with Crippen molar-refractivity contribution in [2.45, 2.75) is 19.0 Å². The van der Waals surface area contributed by atoms with Crippen molar-refractivity contribution in [3.05, 3.63) is 60.2 Å². The number of nitrogens with one attached hydrogen (secondary N) is 4. The highest BCUT2D eigenvalue weighted by molar-refractivity contribution is 5.99. The van der Waals surface area contributed by atoms with Gasteiger partial charge in [-0.1, -0.05) is 30.3 Å². The molecule has 28 heavy (non-hydrogen) atoms. The van der Waals surface area contributed by atoms with E-state index in [-0.39, 0.29) is 30.4 Å². The molecule has 8 heteroatoms. The van der Waals surface area contributed by atoms with Crippen LogP contribution in [-0.2, 0) is 16.1 Å². The molecular weight excluding hydrogens is 380 g/mol. The molecule has 4 N–H and O–H groups in total. The third kappa shape index (κ3) is 7.19. The minimum atomic E-state index is -0.314. The van der Waals surface area contributed by atoms with E-state index in [1.165, 1.54) is 0 Å². The maximum Gasteiger partial charge on any atom is 0.323 e. The topological polar surface area (TPSA) is 91.5 Å². The third-order valence-corrected chi connectivity index (χ3v) is 4.14. The van der Waals surface area contributed by atoms with E-state index >= 15 is 0 Å². The number of amides is 3. The van der Waals surface area contributed by atoms with Gasteiger partial charge in [0, 0.05) is 36.9 Å². The number of rotatable bonds is 6. The number of urea groups is 1. The van der Waals surface area contributed by atoms with E-state index in [1.807, 2.05) is 48.5 Å². The number of para-hydroxylation sites is 1. The van der Waals surface area contributed by atoms with Crippen molar-refractivity contribution in [2.24, 2.45) is 0 Å². The number of hydrogen-bond acceptors (Lipinski definition) is 4. The first-order valence-corrected chi connectivity index (χ1v) is 8.99. The lowest BCUT2D eigenvalue weighted by molar-refractivity contribution is -0.122. The van der Waals surface area contributed by atoms with E-state index in [2.05, 4.69) is 21.3 Å². The summed E-state index contributed by atoms with van der Waals surface area (Å²) in [6, 6.07) is 16.4. The molecule has 1 unspecified atom stereocenters. The number of carbonyl (C=O) groups is 2. The molecule has 0 aliphatic carbocycles. The van der Waals surface area contributed by atoms with Gasteiger partial charge in [-0.15, -0.1) is 12.4 Å². The second kappa shape index (κ2) is 11.3. The van der Waals surface area contributed by atoms with Crippen LogP contribution in [0.1, 0.15) is 12.0 Å². The van der Waals surface area contributed by atoms with Crippen molar-refractivity contribution in [1.29, 1.82) is 0 Å². The average Bonchev–Trinajstić information content (AvgIpc) is 2.68. The molecule has 1 heterocycles. The number of benzene rings is 2. The van der Waals surface area contributed by atoms with Crippen LogP contribution in [0, 0.1) is 0 Å². The second-order valence-corrected chi connectivity index (χ2v) is 6.35. The number of carbonyl (C=O) groups excluding carboxylic acids is 2. The SMILES string of the molecule is Cl.O=C(CC1COCCN1)NCc1cccc(NC(=O)Nc2ccccc2)c1. The maximum absolute atomic E-state index is 12.1. The van der Waals surface area contributed by atoms with Gasteiger partial charge < -0.3 is 26.0 Å². The van der Waals surface area contributed by atoms with Crippen LogP contribution in [0.3, 0.4) is 0 Å². The lowest BCUT2D eigenvalue weighted by atomic mass is 10.1. The molecule has 150 valence electrons. The van der Waals surface area contributed by atoms with Gasteiger partial charge in [-0.2, -0.15) is 0 Å². The van der Waals surface area contributed by atoms with Gasteiger partial charge in [0.2, 0.25) is 5.91 Å². The number of morpholine rings is 1. The number of halogens is 1. The Morgan fingerprint density at radius 1 is 1.04 bits per heavy atom. The molecule has 2 aromatic carbocycles. The Bertz CT molecular complexity index is 767. The molecule has 0 bridgehead atoms. The van der Waals surface area contributed by atoms with Crippen molar-refractivity contribution in [2.75, 3.05) is 30.4 Å². The van der Waals surface area contributed by atoms with Gasteiger partial charge in [0.15, 0.2) is 0 Å². The zero-order valence-electron chi connectivity index (χ0n) is 15.4. The van der Waals surface area contributed by atoms with Crippen LogP contribution in [0.4, 0.5) is 16.2 Å². The van der Waals surface area contributed by atoms with Crippen LogP contribution >= 0.6 is 12.4 Å². The van der Waals surface area contributed by atoms with Gasteiger partial charge in [0.25, 0.3) is 0 Å². The molecule has 1 atom stereocenters. The summed E-state index contributed by atoms with van der Waals surface area (Å²) in [5, 5.41) is 11.7. The summed E-state index contributed by atoms with van der Waals surface area (Å²) >= 11 is 0. The Balaban J connectivity index is 0.00000280. The summed E-state index contributed by atoms with van der Waals surface area (Å²) in [7, 11) is 0. The van der Waals surface area contributed by atoms with E-state index in [4.69, 9.17) is 4.74 Å². The Morgan fingerprint density at radius 3 is 2.54 bits per heavy atom. The first kappa shape index (κ1) is 21.7. The zero-order valence-corrected chi connectivity index (χ0v) is 16.3. The molecule has 1 saturated heterocycles. The molecule has 0 spiro atoms. The molecule has 1 aliphatic heterocycles. The van der Waals surface area contributed by atoms with E-state index in [0.717, 1.165) is 17.8 Å². The highest BCUT2D eigenvalue weighted by atomic mass is 35.5.